The van der Waals surface area contributed by atoms with Crippen molar-refractivity contribution in [2.75, 3.05) is 19.0 Å². The summed E-state index contributed by atoms with van der Waals surface area (Å²) in [6.07, 6.45) is 5.20. The molecule has 1 aromatic heterocycles. The van der Waals surface area contributed by atoms with E-state index < -0.39 is 24.3 Å². The summed E-state index contributed by atoms with van der Waals surface area (Å²) in [5.41, 5.74) is 0.781. The van der Waals surface area contributed by atoms with Crippen molar-refractivity contribution in [3.8, 4) is 17.4 Å². The summed E-state index contributed by atoms with van der Waals surface area (Å²) >= 11 is 0. The number of fused-ring (bicyclic) bond motifs is 1. The van der Waals surface area contributed by atoms with Gasteiger partial charge in [0.15, 0.2) is 18.1 Å². The van der Waals surface area contributed by atoms with Gasteiger partial charge in [0, 0.05) is 36.9 Å². The molecule has 8 nitrogen and oxygen atoms in total. The van der Waals surface area contributed by atoms with Crippen molar-refractivity contribution in [1.82, 2.24) is 4.98 Å². The third-order valence-corrected chi connectivity index (χ3v) is 4.70. The summed E-state index contributed by atoms with van der Waals surface area (Å²) in [5.74, 6) is 0.0339. The average Bonchev–Trinajstić information content (AvgIpc) is 3.31. The Morgan fingerprint density at radius 3 is 2.64 bits per heavy atom. The van der Waals surface area contributed by atoms with Crippen LogP contribution in [0.15, 0.2) is 36.5 Å². The smallest absolute Gasteiger partial charge is 0.340 e. The number of amides is 1. The summed E-state index contributed by atoms with van der Waals surface area (Å²) in [4.78, 5) is 28.0. The molecule has 1 aromatic carbocycles. The van der Waals surface area contributed by atoms with E-state index in [2.05, 4.69) is 10.3 Å². The molecule has 0 atom stereocenters. The highest BCUT2D eigenvalue weighted by Crippen LogP contribution is 2.47. The second-order valence-corrected chi connectivity index (χ2v) is 6.70. The van der Waals surface area contributed by atoms with Crippen LogP contribution in [0, 0.1) is 0 Å². The van der Waals surface area contributed by atoms with E-state index in [9.17, 15) is 9.59 Å². The summed E-state index contributed by atoms with van der Waals surface area (Å²) in [6.45, 7) is -0.413. The number of hydrogen-bond donors (Lipinski definition) is 1. The molecule has 1 aliphatic heterocycles. The molecule has 0 bridgehead atoms. The first-order chi connectivity index (χ1) is 13.6. The lowest BCUT2D eigenvalue weighted by atomic mass is 10.2. The molecule has 8 heteroatoms. The highest BCUT2D eigenvalue weighted by Gasteiger charge is 2.44. The van der Waals surface area contributed by atoms with Crippen molar-refractivity contribution in [3.63, 3.8) is 0 Å². The molecule has 1 amide bonds. The Morgan fingerprint density at radius 1 is 1.14 bits per heavy atom. The summed E-state index contributed by atoms with van der Waals surface area (Å²) < 4.78 is 21.9. The van der Waals surface area contributed by atoms with Crippen molar-refractivity contribution in [1.29, 1.82) is 0 Å². The fraction of sp³-hybridized carbons (Fsp3) is 0.350. The number of nitrogens with one attached hydrogen (secondary N) is 1. The van der Waals surface area contributed by atoms with Gasteiger partial charge in [0.05, 0.1) is 12.7 Å². The van der Waals surface area contributed by atoms with Crippen molar-refractivity contribution >= 4 is 17.6 Å². The van der Waals surface area contributed by atoms with Crippen molar-refractivity contribution < 1.29 is 28.5 Å². The van der Waals surface area contributed by atoms with Crippen LogP contribution in [0.4, 0.5) is 5.69 Å². The number of ether oxygens (including phenoxy) is 4. The lowest BCUT2D eigenvalue weighted by Gasteiger charge is -2.21. The van der Waals surface area contributed by atoms with Crippen LogP contribution in [0.5, 0.6) is 17.4 Å². The topological polar surface area (TPSA) is 96.0 Å². The van der Waals surface area contributed by atoms with Crippen LogP contribution >= 0.6 is 0 Å². The Labute approximate surface area is 161 Å². The summed E-state index contributed by atoms with van der Waals surface area (Å²) in [6, 6.07) is 8.27. The molecule has 4 rings (SSSR count). The number of carbonyl (C=O) groups is 2. The molecule has 1 saturated carbocycles. The van der Waals surface area contributed by atoms with E-state index >= 15 is 0 Å². The van der Waals surface area contributed by atoms with Crippen molar-refractivity contribution in [3.05, 3.63) is 42.1 Å². The number of methoxy groups -OCH3 is 1. The van der Waals surface area contributed by atoms with Crippen LogP contribution in [0.25, 0.3) is 0 Å². The second kappa shape index (κ2) is 7.38. The normalized spacial score (nSPS) is 16.0. The van der Waals surface area contributed by atoms with Gasteiger partial charge in [-0.05, 0) is 31.0 Å². The standard InChI is InChI=1S/C20H20N2O6/c1-25-18-7-4-13(11-21-18)19(24)26-12-17(23)22-14-5-6-15-16(10-14)28-20(27-15)8-2-3-9-20/h4-7,10-11H,2-3,8-9,12H2,1H3,(H,22,23). The third kappa shape index (κ3) is 3.71. The predicted octanol–water partition coefficient (Wildman–Crippen LogP) is 2.93. The van der Waals surface area contributed by atoms with Crippen LogP contribution in [-0.4, -0.2) is 36.4 Å². The molecule has 2 aliphatic rings. The zero-order chi connectivity index (χ0) is 19.6. The van der Waals surface area contributed by atoms with Crippen molar-refractivity contribution in [2.24, 2.45) is 0 Å². The van der Waals surface area contributed by atoms with E-state index in [1.54, 1.807) is 24.3 Å². The Balaban J connectivity index is 1.31. The van der Waals surface area contributed by atoms with Gasteiger partial charge in [-0.15, -0.1) is 0 Å². The summed E-state index contributed by atoms with van der Waals surface area (Å²) in [7, 11) is 1.48. The van der Waals surface area contributed by atoms with Gasteiger partial charge in [-0.2, -0.15) is 0 Å². The highest BCUT2D eigenvalue weighted by molar-refractivity contribution is 5.95. The van der Waals surface area contributed by atoms with Gasteiger partial charge in [-0.1, -0.05) is 0 Å². The Kier molecular flexibility index (Phi) is 4.77. The maximum atomic E-state index is 12.1. The molecule has 0 saturated heterocycles. The van der Waals surface area contributed by atoms with Gasteiger partial charge in [0.25, 0.3) is 11.7 Å². The van der Waals surface area contributed by atoms with Gasteiger partial charge in [-0.3, -0.25) is 4.79 Å². The van der Waals surface area contributed by atoms with E-state index in [0.717, 1.165) is 25.7 Å². The number of anilines is 1. The third-order valence-electron chi connectivity index (χ3n) is 4.70. The number of esters is 1. The monoisotopic (exact) mass is 384 g/mol. The molecule has 146 valence electrons. The second-order valence-electron chi connectivity index (χ2n) is 6.70. The first-order valence-electron chi connectivity index (χ1n) is 9.06. The molecular weight excluding hydrogens is 364 g/mol. The van der Waals surface area contributed by atoms with E-state index in [1.807, 2.05) is 0 Å². The van der Waals surface area contributed by atoms with Crippen LogP contribution < -0.4 is 19.5 Å². The minimum Gasteiger partial charge on any atom is -0.481 e. The average molecular weight is 384 g/mol. The number of carbonyl (C=O) groups excluding carboxylic acids is 2. The van der Waals surface area contributed by atoms with Gasteiger partial charge < -0.3 is 24.3 Å². The highest BCUT2D eigenvalue weighted by atomic mass is 16.7. The van der Waals surface area contributed by atoms with Crippen LogP contribution in [0.2, 0.25) is 0 Å². The predicted molar refractivity (Wildman–Crippen MR) is 98.6 cm³/mol. The number of hydrogen-bond acceptors (Lipinski definition) is 7. The van der Waals surface area contributed by atoms with Gasteiger partial charge in [-0.25, -0.2) is 9.78 Å². The number of rotatable bonds is 5. The zero-order valence-corrected chi connectivity index (χ0v) is 15.4. The Morgan fingerprint density at radius 2 is 1.93 bits per heavy atom. The van der Waals surface area contributed by atoms with Gasteiger partial charge >= 0.3 is 5.97 Å². The summed E-state index contributed by atoms with van der Waals surface area (Å²) in [5, 5.41) is 2.69. The fourth-order valence-electron chi connectivity index (χ4n) is 3.32. The quantitative estimate of drug-likeness (QED) is 0.792. The van der Waals surface area contributed by atoms with Crippen molar-refractivity contribution in [2.45, 2.75) is 31.5 Å². The molecule has 0 radical (unpaired) electrons. The lowest BCUT2D eigenvalue weighted by Crippen LogP contribution is -2.34. The molecule has 1 N–H and O–H groups in total. The molecule has 1 aliphatic carbocycles. The molecule has 1 spiro atoms. The van der Waals surface area contributed by atoms with Crippen LogP contribution in [0.1, 0.15) is 36.0 Å². The fourth-order valence-corrected chi connectivity index (χ4v) is 3.32. The largest absolute Gasteiger partial charge is 0.481 e. The molecule has 1 fully saturated rings. The van der Waals surface area contributed by atoms with Gasteiger partial charge in [0.1, 0.15) is 0 Å². The molecule has 28 heavy (non-hydrogen) atoms. The lowest BCUT2D eigenvalue weighted by molar-refractivity contribution is -0.119. The minimum atomic E-state index is -0.640. The first kappa shape index (κ1) is 18.1. The van der Waals surface area contributed by atoms with E-state index in [1.165, 1.54) is 19.4 Å². The van der Waals surface area contributed by atoms with Gasteiger partial charge in [0.2, 0.25) is 5.88 Å². The molecule has 0 unspecified atom stereocenters. The number of benzene rings is 1. The molecule has 2 aromatic rings. The SMILES string of the molecule is COc1ccc(C(=O)OCC(=O)Nc2ccc3c(c2)OC2(CCCC2)O3)cn1. The number of aromatic nitrogens is 1. The first-order valence-corrected chi connectivity index (χ1v) is 9.06. The van der Waals surface area contributed by atoms with Crippen LogP contribution in [-0.2, 0) is 9.53 Å². The number of pyridine rings is 1. The Hall–Kier alpha value is -3.29. The minimum absolute atomic E-state index is 0.235. The number of nitrogens with zero attached hydrogens (tertiary/aromatic N) is 1. The maximum absolute atomic E-state index is 12.1. The molecule has 2 heterocycles. The Bertz CT molecular complexity index is 890. The zero-order valence-electron chi connectivity index (χ0n) is 15.4. The van der Waals surface area contributed by atoms with Crippen LogP contribution in [0.3, 0.4) is 0 Å². The van der Waals surface area contributed by atoms with E-state index in [-0.39, 0.29) is 5.56 Å². The molecular formula is C20H20N2O6. The maximum Gasteiger partial charge on any atom is 0.340 e. The van der Waals surface area contributed by atoms with E-state index in [0.29, 0.717) is 23.1 Å². The van der Waals surface area contributed by atoms with E-state index in [4.69, 9.17) is 18.9 Å².